The fourth-order valence-electron chi connectivity index (χ4n) is 0.976. The zero-order valence-electron chi connectivity index (χ0n) is 8.84. The SMILES string of the molecule is [C-]#[N+]/C(=C\C=C\c1ccco1)C(=O)OCC. The second-order valence-electron chi connectivity index (χ2n) is 2.76. The van der Waals surface area contributed by atoms with Gasteiger partial charge in [-0.2, -0.15) is 0 Å². The summed E-state index contributed by atoms with van der Waals surface area (Å²) in [7, 11) is 0. The average Bonchev–Trinajstić information content (AvgIpc) is 2.77. The minimum absolute atomic E-state index is 0.0512. The summed E-state index contributed by atoms with van der Waals surface area (Å²) in [6.45, 7) is 8.77. The third-order valence-electron chi connectivity index (χ3n) is 1.66. The average molecular weight is 217 g/mol. The molecule has 1 aromatic heterocycles. The summed E-state index contributed by atoms with van der Waals surface area (Å²) in [6, 6.07) is 3.52. The van der Waals surface area contributed by atoms with E-state index >= 15 is 0 Å². The number of allylic oxidation sites excluding steroid dienone is 2. The third-order valence-corrected chi connectivity index (χ3v) is 1.66. The van der Waals surface area contributed by atoms with Gasteiger partial charge in [-0.1, -0.05) is 6.08 Å². The summed E-state index contributed by atoms with van der Waals surface area (Å²) in [5.74, 6) is 0.0473. The Labute approximate surface area is 93.6 Å². The van der Waals surface area contributed by atoms with Crippen LogP contribution in [0, 0.1) is 6.57 Å². The van der Waals surface area contributed by atoms with Crippen LogP contribution in [0.25, 0.3) is 10.9 Å². The predicted molar refractivity (Wildman–Crippen MR) is 59.1 cm³/mol. The van der Waals surface area contributed by atoms with Crippen molar-refractivity contribution >= 4 is 12.0 Å². The maximum Gasteiger partial charge on any atom is 0.336 e. The molecule has 0 fully saturated rings. The lowest BCUT2D eigenvalue weighted by molar-refractivity contribution is -0.138. The molecule has 4 heteroatoms. The first kappa shape index (κ1) is 11.8. The number of furan rings is 1. The van der Waals surface area contributed by atoms with Crippen LogP contribution in [0.4, 0.5) is 0 Å². The van der Waals surface area contributed by atoms with E-state index in [2.05, 4.69) is 4.85 Å². The first-order valence-electron chi connectivity index (χ1n) is 4.74. The molecule has 1 heterocycles. The zero-order chi connectivity index (χ0) is 11.8. The molecule has 0 saturated heterocycles. The van der Waals surface area contributed by atoms with E-state index in [9.17, 15) is 4.79 Å². The standard InChI is InChI=1S/C12H11NO3/c1-3-15-12(14)11(13-2)8-4-6-10-7-5-9-16-10/h4-9H,3H2,1H3/b6-4+,11-8-. The number of carbonyl (C=O) groups is 1. The van der Waals surface area contributed by atoms with Gasteiger partial charge in [0.2, 0.25) is 0 Å². The molecule has 0 atom stereocenters. The zero-order valence-corrected chi connectivity index (χ0v) is 8.84. The van der Waals surface area contributed by atoms with Gasteiger partial charge in [0.15, 0.2) is 0 Å². The highest BCUT2D eigenvalue weighted by atomic mass is 16.5. The molecule has 82 valence electrons. The smallest absolute Gasteiger partial charge is 0.336 e. The van der Waals surface area contributed by atoms with Gasteiger partial charge >= 0.3 is 5.97 Å². The summed E-state index contributed by atoms with van der Waals surface area (Å²) in [4.78, 5) is 14.3. The Kier molecular flexibility index (Phi) is 4.61. The molecule has 0 aliphatic heterocycles. The molecular weight excluding hydrogens is 206 g/mol. The fourth-order valence-corrected chi connectivity index (χ4v) is 0.976. The van der Waals surface area contributed by atoms with Crippen molar-refractivity contribution in [2.75, 3.05) is 6.61 Å². The van der Waals surface area contributed by atoms with Crippen LogP contribution in [0.15, 0.2) is 40.7 Å². The number of ether oxygens (including phenoxy) is 1. The Hall–Kier alpha value is -2.28. The van der Waals surface area contributed by atoms with Gasteiger partial charge < -0.3 is 9.15 Å². The highest BCUT2D eigenvalue weighted by Gasteiger charge is 2.08. The first-order valence-corrected chi connectivity index (χ1v) is 4.74. The molecular formula is C12H11NO3. The first-order chi connectivity index (χ1) is 7.77. The van der Waals surface area contributed by atoms with Crippen LogP contribution in [-0.2, 0) is 9.53 Å². The molecule has 0 unspecified atom stereocenters. The second kappa shape index (κ2) is 6.25. The van der Waals surface area contributed by atoms with Crippen LogP contribution in [-0.4, -0.2) is 12.6 Å². The van der Waals surface area contributed by atoms with Crippen molar-refractivity contribution in [1.29, 1.82) is 0 Å². The molecule has 0 radical (unpaired) electrons. The largest absolute Gasteiger partial charge is 0.471 e. The van der Waals surface area contributed by atoms with E-state index in [0.717, 1.165) is 0 Å². The molecule has 0 saturated carbocycles. The molecule has 16 heavy (non-hydrogen) atoms. The predicted octanol–water partition coefficient (Wildman–Crippen LogP) is 2.66. The van der Waals surface area contributed by atoms with Crippen LogP contribution in [0.2, 0.25) is 0 Å². The van der Waals surface area contributed by atoms with Crippen molar-refractivity contribution in [3.05, 3.63) is 53.4 Å². The van der Waals surface area contributed by atoms with Crippen LogP contribution in [0.1, 0.15) is 12.7 Å². The van der Waals surface area contributed by atoms with E-state index in [1.54, 1.807) is 37.5 Å². The fraction of sp³-hybridized carbons (Fsp3) is 0.167. The molecule has 0 aromatic carbocycles. The molecule has 0 aliphatic carbocycles. The van der Waals surface area contributed by atoms with Crippen LogP contribution >= 0.6 is 0 Å². The second-order valence-corrected chi connectivity index (χ2v) is 2.76. The maximum absolute atomic E-state index is 11.2. The van der Waals surface area contributed by atoms with Crippen molar-refractivity contribution in [3.8, 4) is 0 Å². The summed E-state index contributed by atoms with van der Waals surface area (Å²) in [5.41, 5.74) is -0.0512. The highest BCUT2D eigenvalue weighted by Crippen LogP contribution is 2.05. The molecule has 0 bridgehead atoms. The number of rotatable bonds is 4. The lowest BCUT2D eigenvalue weighted by Crippen LogP contribution is -2.04. The van der Waals surface area contributed by atoms with Crippen LogP contribution < -0.4 is 0 Å². The van der Waals surface area contributed by atoms with Crippen molar-refractivity contribution < 1.29 is 13.9 Å². The van der Waals surface area contributed by atoms with Gasteiger partial charge in [0.1, 0.15) is 5.76 Å². The number of esters is 1. The van der Waals surface area contributed by atoms with E-state index in [4.69, 9.17) is 15.7 Å². The van der Waals surface area contributed by atoms with Crippen molar-refractivity contribution in [2.24, 2.45) is 0 Å². The molecule has 1 aromatic rings. The third kappa shape index (κ3) is 3.46. The quantitative estimate of drug-likeness (QED) is 0.337. The van der Waals surface area contributed by atoms with Crippen molar-refractivity contribution in [3.63, 3.8) is 0 Å². The molecule has 0 amide bonds. The van der Waals surface area contributed by atoms with E-state index < -0.39 is 5.97 Å². The van der Waals surface area contributed by atoms with E-state index in [-0.39, 0.29) is 12.3 Å². The number of carbonyl (C=O) groups excluding carboxylic acids is 1. The van der Waals surface area contributed by atoms with Gasteiger partial charge in [0.25, 0.3) is 5.70 Å². The summed E-state index contributed by atoms with van der Waals surface area (Å²) in [6.07, 6.45) is 6.17. The summed E-state index contributed by atoms with van der Waals surface area (Å²) >= 11 is 0. The summed E-state index contributed by atoms with van der Waals surface area (Å²) in [5, 5.41) is 0. The van der Waals surface area contributed by atoms with Gasteiger partial charge in [0, 0.05) is 0 Å². The minimum atomic E-state index is -0.610. The topological polar surface area (TPSA) is 43.8 Å². The van der Waals surface area contributed by atoms with Crippen molar-refractivity contribution in [1.82, 2.24) is 0 Å². The molecule has 0 aliphatic rings. The van der Waals surface area contributed by atoms with Gasteiger partial charge in [0.05, 0.1) is 19.4 Å². The Balaban J connectivity index is 2.67. The molecule has 0 N–H and O–H groups in total. The Bertz CT molecular complexity index is 435. The van der Waals surface area contributed by atoms with Gasteiger partial charge in [-0.25, -0.2) is 4.85 Å². The van der Waals surface area contributed by atoms with E-state index in [1.807, 2.05) is 0 Å². The minimum Gasteiger partial charge on any atom is -0.471 e. The van der Waals surface area contributed by atoms with E-state index in [0.29, 0.717) is 5.76 Å². The van der Waals surface area contributed by atoms with Gasteiger partial charge in [-0.3, -0.25) is 4.79 Å². The van der Waals surface area contributed by atoms with Gasteiger partial charge in [-0.05, 0) is 31.2 Å². The number of hydrogen-bond donors (Lipinski definition) is 0. The molecule has 1 rings (SSSR count). The molecule has 0 spiro atoms. The van der Waals surface area contributed by atoms with E-state index in [1.165, 1.54) is 6.08 Å². The lowest BCUT2D eigenvalue weighted by atomic mass is 10.3. The monoisotopic (exact) mass is 217 g/mol. The lowest BCUT2D eigenvalue weighted by Gasteiger charge is -1.97. The van der Waals surface area contributed by atoms with Crippen LogP contribution in [0.5, 0.6) is 0 Å². The Morgan fingerprint density at radius 3 is 3.06 bits per heavy atom. The van der Waals surface area contributed by atoms with Crippen molar-refractivity contribution in [2.45, 2.75) is 6.92 Å². The summed E-state index contributed by atoms with van der Waals surface area (Å²) < 4.78 is 9.75. The van der Waals surface area contributed by atoms with Crippen LogP contribution in [0.3, 0.4) is 0 Å². The molecule has 4 nitrogen and oxygen atoms in total. The normalized spacial score (nSPS) is 11.4. The van der Waals surface area contributed by atoms with Gasteiger partial charge in [-0.15, -0.1) is 0 Å². The number of hydrogen-bond acceptors (Lipinski definition) is 3. The highest BCUT2D eigenvalue weighted by molar-refractivity contribution is 5.90. The Morgan fingerprint density at radius 2 is 2.50 bits per heavy atom. The maximum atomic E-state index is 11.2. The Morgan fingerprint density at radius 1 is 1.69 bits per heavy atom. The number of nitrogens with zero attached hydrogens (tertiary/aromatic N) is 1.